The molecule has 1 aromatic heterocycles. The summed E-state index contributed by atoms with van der Waals surface area (Å²) in [7, 11) is 0. The van der Waals surface area contributed by atoms with Gasteiger partial charge in [0.05, 0.1) is 17.6 Å². The molecule has 0 radical (unpaired) electrons. The molecule has 196 valence electrons. The number of carbonyl (C=O) groups is 1. The highest BCUT2D eigenvalue weighted by atomic mass is 19.1. The van der Waals surface area contributed by atoms with E-state index in [1.54, 1.807) is 17.0 Å². The Morgan fingerprint density at radius 3 is 2.53 bits per heavy atom. The second kappa shape index (κ2) is 14.1. The van der Waals surface area contributed by atoms with Crippen LogP contribution >= 0.6 is 0 Å². The summed E-state index contributed by atoms with van der Waals surface area (Å²) in [4.78, 5) is 22.4. The van der Waals surface area contributed by atoms with Crippen molar-refractivity contribution in [1.29, 1.82) is 0 Å². The third-order valence-electron chi connectivity index (χ3n) is 6.57. The number of fused-ring (bicyclic) bond motifs is 1. The first-order valence-electron chi connectivity index (χ1n) is 13.5. The van der Waals surface area contributed by atoms with Crippen molar-refractivity contribution in [2.45, 2.75) is 66.6 Å². The van der Waals surface area contributed by atoms with E-state index in [1.807, 2.05) is 6.92 Å². The van der Waals surface area contributed by atoms with Gasteiger partial charge in [0.25, 0.3) is 5.91 Å². The number of rotatable bonds is 15. The van der Waals surface area contributed by atoms with Gasteiger partial charge in [-0.05, 0) is 81.3 Å². The lowest BCUT2D eigenvalue weighted by molar-refractivity contribution is 0.0736. The number of hydrogen-bond acceptors (Lipinski definition) is 4. The maximum atomic E-state index is 13.8. The van der Waals surface area contributed by atoms with Gasteiger partial charge in [-0.1, -0.05) is 39.8 Å². The van der Waals surface area contributed by atoms with E-state index < -0.39 is 5.82 Å². The van der Waals surface area contributed by atoms with E-state index in [4.69, 9.17) is 4.98 Å². The summed E-state index contributed by atoms with van der Waals surface area (Å²) < 4.78 is 16.0. The number of carbonyl (C=O) groups excluding carboxylic acids is 1. The molecule has 0 saturated carbocycles. The summed E-state index contributed by atoms with van der Waals surface area (Å²) in [5, 5.41) is 3.56. The van der Waals surface area contributed by atoms with Crippen LogP contribution in [0.25, 0.3) is 11.0 Å². The molecule has 1 N–H and O–H groups in total. The molecule has 3 aromatic rings. The molecule has 1 heterocycles. The minimum Gasteiger partial charge on any atom is -0.331 e. The Kier molecular flexibility index (Phi) is 10.9. The molecule has 36 heavy (non-hydrogen) atoms. The minimum atomic E-state index is -0.398. The maximum absolute atomic E-state index is 13.8. The van der Waals surface area contributed by atoms with Crippen molar-refractivity contribution in [2.75, 3.05) is 32.7 Å². The summed E-state index contributed by atoms with van der Waals surface area (Å²) in [6.07, 6.45) is 2.92. The van der Waals surface area contributed by atoms with Gasteiger partial charge in [-0.25, -0.2) is 9.37 Å². The van der Waals surface area contributed by atoms with Crippen LogP contribution in [0.15, 0.2) is 42.5 Å². The fourth-order valence-corrected chi connectivity index (χ4v) is 4.63. The highest BCUT2D eigenvalue weighted by Crippen LogP contribution is 2.21. The zero-order valence-electron chi connectivity index (χ0n) is 22.4. The number of nitrogens with one attached hydrogen (secondary N) is 1. The molecule has 0 aliphatic rings. The number of benzene rings is 2. The van der Waals surface area contributed by atoms with Gasteiger partial charge in [0.1, 0.15) is 11.6 Å². The predicted molar refractivity (Wildman–Crippen MR) is 146 cm³/mol. The number of imidazole rings is 1. The summed E-state index contributed by atoms with van der Waals surface area (Å²) >= 11 is 0. The molecule has 0 spiro atoms. The first kappa shape index (κ1) is 27.8. The molecule has 0 aliphatic carbocycles. The summed E-state index contributed by atoms with van der Waals surface area (Å²) in [5.74, 6) is 0.306. The van der Waals surface area contributed by atoms with Crippen LogP contribution < -0.4 is 5.32 Å². The second-order valence-corrected chi connectivity index (χ2v) is 9.30. The van der Waals surface area contributed by atoms with Gasteiger partial charge < -0.3 is 19.7 Å². The molecule has 2 aromatic carbocycles. The van der Waals surface area contributed by atoms with E-state index in [9.17, 15) is 9.18 Å². The molecule has 7 heteroatoms. The Balaban J connectivity index is 1.74. The number of aromatic nitrogens is 2. The Hall–Kier alpha value is -2.77. The van der Waals surface area contributed by atoms with E-state index in [0.29, 0.717) is 18.7 Å². The van der Waals surface area contributed by atoms with Gasteiger partial charge in [-0.15, -0.1) is 0 Å². The predicted octanol–water partition coefficient (Wildman–Crippen LogP) is 5.46. The lowest BCUT2D eigenvalue weighted by Gasteiger charge is -2.22. The Morgan fingerprint density at radius 2 is 1.83 bits per heavy atom. The standard InChI is InChI=1S/C29H42FN5O/c1-5-16-34(29(36)24-11-9-12-25(30)20-24)22-28-32-26-19-23(13-14-27(26)35(28)17-6-2)21-31-15-10-18-33(7-3)8-4/h9,11-14,19-20,31H,5-8,10,15-18,21-22H2,1-4H3. The maximum Gasteiger partial charge on any atom is 0.254 e. The monoisotopic (exact) mass is 495 g/mol. The molecular weight excluding hydrogens is 453 g/mol. The smallest absolute Gasteiger partial charge is 0.254 e. The lowest BCUT2D eigenvalue weighted by Crippen LogP contribution is -2.32. The van der Waals surface area contributed by atoms with Crippen LogP contribution in [0.1, 0.15) is 68.7 Å². The lowest BCUT2D eigenvalue weighted by atomic mass is 10.2. The molecule has 6 nitrogen and oxygen atoms in total. The first-order valence-corrected chi connectivity index (χ1v) is 13.5. The summed E-state index contributed by atoms with van der Waals surface area (Å²) in [6, 6.07) is 12.4. The van der Waals surface area contributed by atoms with Crippen LogP contribution in [0.2, 0.25) is 0 Å². The third kappa shape index (κ3) is 7.37. The zero-order chi connectivity index (χ0) is 25.9. The van der Waals surface area contributed by atoms with Gasteiger partial charge in [0.2, 0.25) is 0 Å². The minimum absolute atomic E-state index is 0.166. The van der Waals surface area contributed by atoms with Crippen molar-refractivity contribution >= 4 is 16.9 Å². The van der Waals surface area contributed by atoms with Crippen LogP contribution in [0, 0.1) is 5.82 Å². The van der Waals surface area contributed by atoms with Crippen molar-refractivity contribution in [3.8, 4) is 0 Å². The fraction of sp³-hybridized carbons (Fsp3) is 0.517. The van der Waals surface area contributed by atoms with Crippen molar-refractivity contribution in [3.05, 3.63) is 65.2 Å². The van der Waals surface area contributed by atoms with Gasteiger partial charge >= 0.3 is 0 Å². The van der Waals surface area contributed by atoms with Crippen LogP contribution in [0.4, 0.5) is 4.39 Å². The van der Waals surface area contributed by atoms with Gasteiger partial charge in [-0.2, -0.15) is 0 Å². The molecule has 0 fully saturated rings. The average Bonchev–Trinajstić information content (AvgIpc) is 3.22. The number of amides is 1. The van der Waals surface area contributed by atoms with Gasteiger partial charge in [0.15, 0.2) is 0 Å². The highest BCUT2D eigenvalue weighted by molar-refractivity contribution is 5.94. The molecule has 1 amide bonds. The molecule has 0 saturated heterocycles. The summed E-state index contributed by atoms with van der Waals surface area (Å²) in [6.45, 7) is 15.5. The van der Waals surface area contributed by atoms with Gasteiger partial charge in [0, 0.05) is 25.2 Å². The molecule has 3 rings (SSSR count). The zero-order valence-corrected chi connectivity index (χ0v) is 22.4. The number of nitrogens with zero attached hydrogens (tertiary/aromatic N) is 4. The molecule has 0 unspecified atom stereocenters. The Bertz CT molecular complexity index is 1110. The van der Waals surface area contributed by atoms with Crippen LogP contribution in [0.5, 0.6) is 0 Å². The van der Waals surface area contributed by atoms with Crippen LogP contribution in [-0.2, 0) is 19.6 Å². The second-order valence-electron chi connectivity index (χ2n) is 9.30. The van der Waals surface area contributed by atoms with Crippen molar-refractivity contribution in [3.63, 3.8) is 0 Å². The van der Waals surface area contributed by atoms with Crippen LogP contribution in [-0.4, -0.2) is 58.0 Å². The van der Waals surface area contributed by atoms with Crippen molar-refractivity contribution in [1.82, 2.24) is 24.7 Å². The molecular formula is C29H42FN5O. The fourth-order valence-electron chi connectivity index (χ4n) is 4.63. The topological polar surface area (TPSA) is 53.4 Å². The molecule has 0 bridgehead atoms. The van der Waals surface area contributed by atoms with E-state index in [-0.39, 0.29) is 5.91 Å². The van der Waals surface area contributed by atoms with E-state index in [0.717, 1.165) is 75.4 Å². The Morgan fingerprint density at radius 1 is 1.03 bits per heavy atom. The average molecular weight is 496 g/mol. The van der Waals surface area contributed by atoms with E-state index in [2.05, 4.69) is 53.8 Å². The quantitative estimate of drug-likeness (QED) is 0.285. The highest BCUT2D eigenvalue weighted by Gasteiger charge is 2.20. The normalized spacial score (nSPS) is 11.5. The third-order valence-corrected chi connectivity index (χ3v) is 6.57. The van der Waals surface area contributed by atoms with Gasteiger partial charge in [-0.3, -0.25) is 4.79 Å². The molecule has 0 aliphatic heterocycles. The van der Waals surface area contributed by atoms with Crippen molar-refractivity contribution < 1.29 is 9.18 Å². The SMILES string of the molecule is CCCN(Cc1nc2cc(CNCCCN(CC)CC)ccc2n1CCC)C(=O)c1cccc(F)c1. The Labute approximate surface area is 215 Å². The number of hydrogen-bond donors (Lipinski definition) is 1. The molecule has 0 atom stereocenters. The van der Waals surface area contributed by atoms with Crippen LogP contribution in [0.3, 0.4) is 0 Å². The number of aryl methyl sites for hydroxylation is 1. The van der Waals surface area contributed by atoms with E-state index in [1.165, 1.54) is 17.7 Å². The largest absolute Gasteiger partial charge is 0.331 e. The summed E-state index contributed by atoms with van der Waals surface area (Å²) in [5.41, 5.74) is 3.62. The van der Waals surface area contributed by atoms with Crippen molar-refractivity contribution in [2.24, 2.45) is 0 Å². The number of halogens is 1. The van der Waals surface area contributed by atoms with E-state index >= 15 is 0 Å². The first-order chi connectivity index (χ1) is 17.5.